The standard InChI is InChI=1S/C16H21IN4O4/c1-10(5-6-18-16(22)23)25-13-8-11-12(9-19-13)21(20-15(11)17)14-4-2-3-7-24-14/h8-10,14,18H,2-7H2,1H3,(H,22,23)/t10-,14?/m1/s1. The van der Waals surface area contributed by atoms with E-state index in [1.54, 1.807) is 6.20 Å². The van der Waals surface area contributed by atoms with Crippen LogP contribution in [0.15, 0.2) is 12.3 Å². The van der Waals surface area contributed by atoms with E-state index in [1.165, 1.54) is 0 Å². The van der Waals surface area contributed by atoms with Gasteiger partial charge in [-0.05, 0) is 48.8 Å². The lowest BCUT2D eigenvalue weighted by molar-refractivity contribution is -0.0369. The number of hydrogen-bond acceptors (Lipinski definition) is 5. The highest BCUT2D eigenvalue weighted by Crippen LogP contribution is 2.30. The van der Waals surface area contributed by atoms with E-state index in [-0.39, 0.29) is 12.3 Å². The number of halogens is 1. The van der Waals surface area contributed by atoms with Crippen LogP contribution in [0.5, 0.6) is 5.88 Å². The van der Waals surface area contributed by atoms with E-state index in [0.717, 1.165) is 40.5 Å². The fourth-order valence-corrected chi connectivity index (χ4v) is 3.49. The van der Waals surface area contributed by atoms with Crippen molar-refractivity contribution in [2.75, 3.05) is 13.2 Å². The molecule has 1 aliphatic heterocycles. The first kappa shape index (κ1) is 18.2. The quantitative estimate of drug-likeness (QED) is 0.643. The van der Waals surface area contributed by atoms with Gasteiger partial charge in [0.05, 0.1) is 17.8 Å². The van der Waals surface area contributed by atoms with Crippen LogP contribution >= 0.6 is 22.6 Å². The summed E-state index contributed by atoms with van der Waals surface area (Å²) >= 11 is 2.21. The van der Waals surface area contributed by atoms with Crippen molar-refractivity contribution < 1.29 is 19.4 Å². The number of amides is 1. The van der Waals surface area contributed by atoms with E-state index in [9.17, 15) is 4.79 Å². The van der Waals surface area contributed by atoms with Gasteiger partial charge in [-0.3, -0.25) is 0 Å². The summed E-state index contributed by atoms with van der Waals surface area (Å²) in [6.07, 6.45) is 4.31. The van der Waals surface area contributed by atoms with E-state index >= 15 is 0 Å². The monoisotopic (exact) mass is 460 g/mol. The van der Waals surface area contributed by atoms with Crippen LogP contribution in [0, 0.1) is 3.70 Å². The number of rotatable bonds is 6. The smallest absolute Gasteiger partial charge is 0.404 e. The number of nitrogens with zero attached hydrogens (tertiary/aromatic N) is 3. The van der Waals surface area contributed by atoms with Gasteiger partial charge in [-0.1, -0.05) is 0 Å². The molecular weight excluding hydrogens is 439 g/mol. The number of ether oxygens (including phenoxy) is 2. The molecule has 3 heterocycles. The Morgan fingerprint density at radius 3 is 3.16 bits per heavy atom. The van der Waals surface area contributed by atoms with Crippen LogP contribution in [-0.2, 0) is 4.74 Å². The van der Waals surface area contributed by atoms with E-state index in [0.29, 0.717) is 18.8 Å². The van der Waals surface area contributed by atoms with Gasteiger partial charge in [-0.15, -0.1) is 0 Å². The predicted molar refractivity (Wildman–Crippen MR) is 99.8 cm³/mol. The van der Waals surface area contributed by atoms with Gasteiger partial charge in [-0.2, -0.15) is 5.10 Å². The number of nitrogens with one attached hydrogen (secondary N) is 1. The summed E-state index contributed by atoms with van der Waals surface area (Å²) < 4.78 is 14.4. The largest absolute Gasteiger partial charge is 0.475 e. The summed E-state index contributed by atoms with van der Waals surface area (Å²) in [6.45, 7) is 2.99. The Bertz CT molecular complexity index is 745. The van der Waals surface area contributed by atoms with Gasteiger partial charge in [0.15, 0.2) is 6.23 Å². The van der Waals surface area contributed by atoms with Crippen molar-refractivity contribution in [3.63, 3.8) is 0 Å². The second kappa shape index (κ2) is 8.17. The lowest BCUT2D eigenvalue weighted by Crippen LogP contribution is -2.26. The van der Waals surface area contributed by atoms with Gasteiger partial charge in [-0.25, -0.2) is 14.5 Å². The van der Waals surface area contributed by atoms with Gasteiger partial charge in [0, 0.05) is 31.0 Å². The molecule has 3 rings (SSSR count). The Morgan fingerprint density at radius 2 is 2.44 bits per heavy atom. The molecule has 2 aromatic rings. The van der Waals surface area contributed by atoms with Crippen LogP contribution in [0.1, 0.15) is 38.8 Å². The summed E-state index contributed by atoms with van der Waals surface area (Å²) in [5.41, 5.74) is 0.934. The van der Waals surface area contributed by atoms with Crippen molar-refractivity contribution in [2.24, 2.45) is 0 Å². The third kappa shape index (κ3) is 4.51. The molecule has 0 bridgehead atoms. The molecule has 0 saturated carbocycles. The molecule has 8 nitrogen and oxygen atoms in total. The minimum absolute atomic E-state index is 0.0330. The van der Waals surface area contributed by atoms with E-state index < -0.39 is 6.09 Å². The molecule has 9 heteroatoms. The molecular formula is C16H21IN4O4. The van der Waals surface area contributed by atoms with E-state index in [1.807, 2.05) is 17.7 Å². The number of hydrogen-bond donors (Lipinski definition) is 2. The molecule has 0 spiro atoms. The van der Waals surface area contributed by atoms with Crippen LogP contribution in [0.3, 0.4) is 0 Å². The zero-order valence-corrected chi connectivity index (χ0v) is 16.1. The van der Waals surface area contributed by atoms with Crippen LogP contribution in [0.25, 0.3) is 10.9 Å². The Kier molecular flexibility index (Phi) is 5.94. The van der Waals surface area contributed by atoms with Crippen molar-refractivity contribution >= 4 is 39.6 Å². The summed E-state index contributed by atoms with van der Waals surface area (Å²) in [6, 6.07) is 1.88. The van der Waals surface area contributed by atoms with E-state index in [2.05, 4.69) is 38.0 Å². The molecule has 1 saturated heterocycles. The minimum atomic E-state index is -1.03. The Morgan fingerprint density at radius 1 is 1.60 bits per heavy atom. The maximum atomic E-state index is 10.5. The number of carboxylic acid groups (broad SMARTS) is 1. The van der Waals surface area contributed by atoms with Gasteiger partial charge in [0.2, 0.25) is 5.88 Å². The highest BCUT2D eigenvalue weighted by Gasteiger charge is 2.21. The van der Waals surface area contributed by atoms with Gasteiger partial charge in [0.1, 0.15) is 3.70 Å². The van der Waals surface area contributed by atoms with Gasteiger partial charge >= 0.3 is 6.09 Å². The highest BCUT2D eigenvalue weighted by atomic mass is 127. The zero-order chi connectivity index (χ0) is 17.8. The van der Waals surface area contributed by atoms with Crippen LogP contribution in [-0.4, -0.2) is 45.2 Å². The first-order chi connectivity index (χ1) is 12.0. The van der Waals surface area contributed by atoms with Gasteiger partial charge in [0.25, 0.3) is 0 Å². The summed E-state index contributed by atoms with van der Waals surface area (Å²) in [7, 11) is 0. The van der Waals surface area contributed by atoms with E-state index in [4.69, 9.17) is 14.6 Å². The number of aromatic nitrogens is 3. The molecule has 2 atom stereocenters. The first-order valence-electron chi connectivity index (χ1n) is 8.33. The number of carbonyl (C=O) groups is 1. The lowest BCUT2D eigenvalue weighted by atomic mass is 10.2. The van der Waals surface area contributed by atoms with Crippen molar-refractivity contribution in [3.8, 4) is 5.88 Å². The average Bonchev–Trinajstić information content (AvgIpc) is 2.92. The van der Waals surface area contributed by atoms with Crippen molar-refractivity contribution in [3.05, 3.63) is 16.0 Å². The average molecular weight is 460 g/mol. The van der Waals surface area contributed by atoms with Crippen LogP contribution in [0.2, 0.25) is 0 Å². The zero-order valence-electron chi connectivity index (χ0n) is 13.9. The predicted octanol–water partition coefficient (Wildman–Crippen LogP) is 3.16. The SMILES string of the molecule is C[C@H](CCNC(=O)O)Oc1cc2c(I)nn(C3CCCCO3)c2cn1. The molecule has 0 radical (unpaired) electrons. The number of fused-ring (bicyclic) bond motifs is 1. The number of pyridine rings is 1. The molecule has 25 heavy (non-hydrogen) atoms. The third-order valence-corrected chi connectivity index (χ3v) is 4.90. The van der Waals surface area contributed by atoms with Crippen LogP contribution < -0.4 is 10.1 Å². The molecule has 1 amide bonds. The Hall–Kier alpha value is -1.62. The van der Waals surface area contributed by atoms with Gasteiger partial charge < -0.3 is 19.9 Å². The molecule has 1 aliphatic rings. The minimum Gasteiger partial charge on any atom is -0.475 e. The first-order valence-corrected chi connectivity index (χ1v) is 9.41. The summed E-state index contributed by atoms with van der Waals surface area (Å²) in [4.78, 5) is 14.9. The molecule has 0 aliphatic carbocycles. The molecule has 1 fully saturated rings. The Labute approximate surface area is 159 Å². The maximum absolute atomic E-state index is 10.5. The second-order valence-electron chi connectivity index (χ2n) is 6.05. The lowest BCUT2D eigenvalue weighted by Gasteiger charge is -2.23. The normalized spacial score (nSPS) is 18.9. The molecule has 2 aromatic heterocycles. The second-order valence-corrected chi connectivity index (χ2v) is 7.07. The fraction of sp³-hybridized carbons (Fsp3) is 0.562. The van der Waals surface area contributed by atoms with Crippen molar-refractivity contribution in [1.82, 2.24) is 20.1 Å². The topological polar surface area (TPSA) is 98.5 Å². The Balaban J connectivity index is 1.72. The molecule has 1 unspecified atom stereocenters. The summed E-state index contributed by atoms with van der Waals surface area (Å²) in [5, 5.41) is 16.5. The highest BCUT2D eigenvalue weighted by molar-refractivity contribution is 14.1. The van der Waals surface area contributed by atoms with Crippen molar-refractivity contribution in [1.29, 1.82) is 0 Å². The maximum Gasteiger partial charge on any atom is 0.404 e. The van der Waals surface area contributed by atoms with Crippen molar-refractivity contribution in [2.45, 2.75) is 44.9 Å². The fourth-order valence-electron chi connectivity index (χ4n) is 2.83. The molecule has 2 N–H and O–H groups in total. The third-order valence-electron chi connectivity index (χ3n) is 4.10. The molecule has 136 valence electrons. The van der Waals surface area contributed by atoms with Crippen LogP contribution in [0.4, 0.5) is 4.79 Å². The summed E-state index contributed by atoms with van der Waals surface area (Å²) in [5.74, 6) is 0.511. The molecule has 0 aromatic carbocycles.